The van der Waals surface area contributed by atoms with Crippen LogP contribution in [0.2, 0.25) is 0 Å². The summed E-state index contributed by atoms with van der Waals surface area (Å²) in [5.74, 6) is 0.905. The maximum Gasteiger partial charge on any atom is 0.123 e. The van der Waals surface area contributed by atoms with Crippen LogP contribution in [0.3, 0.4) is 0 Å². The molecule has 1 aliphatic rings. The van der Waals surface area contributed by atoms with Gasteiger partial charge in [-0.3, -0.25) is 0 Å². The summed E-state index contributed by atoms with van der Waals surface area (Å²) in [6, 6.07) is 4.30. The molecule has 1 aromatic rings. The van der Waals surface area contributed by atoms with Crippen LogP contribution >= 0.6 is 10.8 Å². The topological polar surface area (TPSA) is 32.6 Å². The van der Waals surface area contributed by atoms with E-state index in [0.29, 0.717) is 11.7 Å². The van der Waals surface area contributed by atoms with Crippen LogP contribution in [0.1, 0.15) is 72.1 Å². The van der Waals surface area contributed by atoms with Crippen LogP contribution in [0.4, 0.5) is 0 Å². The van der Waals surface area contributed by atoms with Crippen molar-refractivity contribution < 1.29 is 5.11 Å². The van der Waals surface area contributed by atoms with Gasteiger partial charge < -0.3 is 5.11 Å². The lowest BCUT2D eigenvalue weighted by molar-refractivity contribution is 0.423. The van der Waals surface area contributed by atoms with E-state index in [9.17, 15) is 5.11 Å². The summed E-state index contributed by atoms with van der Waals surface area (Å²) in [7, 11) is 1.88. The highest BCUT2D eigenvalue weighted by atomic mass is 33.1. The molecule has 1 unspecified atom stereocenters. The lowest BCUT2D eigenvalue weighted by Gasteiger charge is -2.28. The average molecular weight is 366 g/mol. The third-order valence-electron chi connectivity index (χ3n) is 4.19. The van der Waals surface area contributed by atoms with Crippen molar-refractivity contribution in [2.75, 3.05) is 6.26 Å². The molecule has 1 aromatic carbocycles. The number of phenols is 1. The number of nitrogens with zero attached hydrogens (tertiary/aromatic N) is 1. The zero-order valence-electron chi connectivity index (χ0n) is 16.4. The number of benzene rings is 1. The van der Waals surface area contributed by atoms with E-state index in [1.807, 2.05) is 10.8 Å². The largest absolute Gasteiger partial charge is 0.507 e. The van der Waals surface area contributed by atoms with Crippen molar-refractivity contribution in [2.45, 2.75) is 66.2 Å². The third kappa shape index (κ3) is 3.91. The van der Waals surface area contributed by atoms with Crippen molar-refractivity contribution in [3.8, 4) is 5.75 Å². The van der Waals surface area contributed by atoms with Gasteiger partial charge in [0.05, 0.1) is 5.70 Å². The Balaban J connectivity index is 2.79. The van der Waals surface area contributed by atoms with Gasteiger partial charge in [-0.15, -0.1) is 0 Å². The first kappa shape index (κ1) is 19.6. The first-order valence-electron chi connectivity index (χ1n) is 8.51. The maximum absolute atomic E-state index is 10.9. The van der Waals surface area contributed by atoms with Crippen LogP contribution < -0.4 is 0 Å². The Morgan fingerprint density at radius 3 is 1.83 bits per heavy atom. The Kier molecular flexibility index (Phi) is 5.33. The van der Waals surface area contributed by atoms with Gasteiger partial charge in [0, 0.05) is 27.9 Å². The predicted octanol–water partition coefficient (Wildman–Crippen LogP) is 6.41. The van der Waals surface area contributed by atoms with Crippen LogP contribution in [0.25, 0.3) is 5.70 Å². The van der Waals surface area contributed by atoms with E-state index in [4.69, 9.17) is 4.36 Å². The molecule has 0 saturated carbocycles. The van der Waals surface area contributed by atoms with Gasteiger partial charge in [0.25, 0.3) is 0 Å². The van der Waals surface area contributed by atoms with E-state index in [1.54, 1.807) is 0 Å². The highest BCUT2D eigenvalue weighted by Crippen LogP contribution is 2.46. The van der Waals surface area contributed by atoms with Crippen LogP contribution in [0.5, 0.6) is 5.75 Å². The summed E-state index contributed by atoms with van der Waals surface area (Å²) < 4.78 is 4.93. The van der Waals surface area contributed by atoms with Gasteiger partial charge in [-0.1, -0.05) is 55.4 Å². The summed E-state index contributed by atoms with van der Waals surface area (Å²) in [6.07, 6.45) is 2.18. The maximum atomic E-state index is 10.9. The number of rotatable bonds is 2. The van der Waals surface area contributed by atoms with Gasteiger partial charge >= 0.3 is 0 Å². The van der Waals surface area contributed by atoms with Crippen LogP contribution in [0, 0.1) is 5.92 Å². The molecule has 0 saturated heterocycles. The zero-order valence-corrected chi connectivity index (χ0v) is 18.1. The molecule has 0 bridgehead atoms. The molecule has 1 atom stereocenters. The molecule has 0 aromatic heterocycles. The molecule has 1 aliphatic heterocycles. The molecule has 1 heterocycles. The molecule has 4 heteroatoms. The Bertz CT molecular complexity index is 681. The van der Waals surface area contributed by atoms with E-state index in [2.05, 4.69) is 73.8 Å². The standard InChI is InChI=1S/C20H31NOS2/c1-12(2)18-16(21-24(9)23-18)13-10-14(19(3,4)5)17(22)15(11-13)20(6,7)8/h10-12,22H,1-9H3. The minimum Gasteiger partial charge on any atom is -0.507 e. The summed E-state index contributed by atoms with van der Waals surface area (Å²) >= 11 is 0. The molecule has 0 amide bonds. The second-order valence-electron chi connectivity index (χ2n) is 8.89. The summed E-state index contributed by atoms with van der Waals surface area (Å²) in [4.78, 5) is 1.37. The molecule has 0 spiro atoms. The molecule has 0 radical (unpaired) electrons. The van der Waals surface area contributed by atoms with Crippen molar-refractivity contribution >= 4 is 26.2 Å². The molecule has 134 valence electrons. The molecule has 2 rings (SSSR count). The SMILES string of the molecule is CC(C)C1=C(c2cc(C(C)(C)C)c(O)c(C(C)(C)C)c2)N=S(C)S1. The summed E-state index contributed by atoms with van der Waals surface area (Å²) in [5.41, 5.74) is 4.05. The van der Waals surface area contributed by atoms with Gasteiger partial charge in [0.2, 0.25) is 0 Å². The van der Waals surface area contributed by atoms with Crippen molar-refractivity contribution in [2.24, 2.45) is 10.3 Å². The quantitative estimate of drug-likeness (QED) is 0.615. The highest BCUT2D eigenvalue weighted by Gasteiger charge is 2.29. The first-order valence-corrected chi connectivity index (χ1v) is 11.4. The lowest BCUT2D eigenvalue weighted by atomic mass is 9.78. The number of hydrogen-bond acceptors (Lipinski definition) is 3. The minimum absolute atomic E-state index is 0.00984. The Morgan fingerprint density at radius 2 is 1.46 bits per heavy atom. The van der Waals surface area contributed by atoms with Crippen molar-refractivity contribution in [3.63, 3.8) is 0 Å². The third-order valence-corrected chi connectivity index (χ3v) is 7.20. The van der Waals surface area contributed by atoms with Crippen molar-refractivity contribution in [1.82, 2.24) is 0 Å². The van der Waals surface area contributed by atoms with E-state index < -0.39 is 0 Å². The second kappa shape index (κ2) is 6.53. The van der Waals surface area contributed by atoms with Gasteiger partial charge in [-0.05, 0) is 49.4 Å². The highest BCUT2D eigenvalue weighted by molar-refractivity contribution is 8.71. The monoisotopic (exact) mass is 365 g/mol. The van der Waals surface area contributed by atoms with E-state index >= 15 is 0 Å². The average Bonchev–Trinajstić information content (AvgIpc) is 2.78. The fourth-order valence-electron chi connectivity index (χ4n) is 2.84. The van der Waals surface area contributed by atoms with Crippen molar-refractivity contribution in [1.29, 1.82) is 0 Å². The molecular formula is C20H31NOS2. The Labute approximate surface area is 153 Å². The number of allylic oxidation sites excluding steroid dienone is 1. The Morgan fingerprint density at radius 1 is 1.00 bits per heavy atom. The molecule has 0 aliphatic carbocycles. The number of hydrogen-bond donors (Lipinski definition) is 1. The van der Waals surface area contributed by atoms with Crippen molar-refractivity contribution in [3.05, 3.63) is 33.7 Å². The van der Waals surface area contributed by atoms with Gasteiger partial charge in [-0.2, -0.15) is 0 Å². The second-order valence-corrected chi connectivity index (χ2v) is 12.5. The number of aromatic hydroxyl groups is 1. The van der Waals surface area contributed by atoms with E-state index in [-0.39, 0.29) is 20.6 Å². The molecule has 0 fully saturated rings. The van der Waals surface area contributed by atoms with E-state index in [0.717, 1.165) is 22.4 Å². The predicted molar refractivity (Wildman–Crippen MR) is 111 cm³/mol. The molecule has 2 nitrogen and oxygen atoms in total. The lowest BCUT2D eigenvalue weighted by Crippen LogP contribution is -2.17. The molecule has 24 heavy (non-hydrogen) atoms. The summed E-state index contributed by atoms with van der Waals surface area (Å²) in [6.45, 7) is 17.4. The van der Waals surface area contributed by atoms with Crippen LogP contribution in [-0.4, -0.2) is 11.4 Å². The van der Waals surface area contributed by atoms with Gasteiger partial charge in [0.1, 0.15) is 5.75 Å². The Hall–Kier alpha value is -0.740. The van der Waals surface area contributed by atoms with Crippen LogP contribution in [0.15, 0.2) is 21.4 Å². The minimum atomic E-state index is -0.113. The molecule has 1 N–H and O–H groups in total. The number of phenolic OH excluding ortho intramolecular Hbond substituents is 1. The normalized spacial score (nSPS) is 19.2. The van der Waals surface area contributed by atoms with Gasteiger partial charge in [-0.25, -0.2) is 4.36 Å². The fraction of sp³-hybridized carbons (Fsp3) is 0.600. The fourth-order valence-corrected chi connectivity index (χ4v) is 6.02. The first-order chi connectivity index (χ1) is 10.8. The van der Waals surface area contributed by atoms with Gasteiger partial charge in [0.15, 0.2) is 0 Å². The smallest absolute Gasteiger partial charge is 0.123 e. The molecular weight excluding hydrogens is 334 g/mol. The zero-order chi connectivity index (χ0) is 18.4. The summed E-state index contributed by atoms with van der Waals surface area (Å²) in [5, 5.41) is 10.9. The van der Waals surface area contributed by atoms with E-state index in [1.165, 1.54) is 4.91 Å². The van der Waals surface area contributed by atoms with Crippen LogP contribution in [-0.2, 0) is 20.6 Å².